The maximum Gasteiger partial charge on any atom is 0.179 e. The molecule has 0 saturated heterocycles. The van der Waals surface area contributed by atoms with Crippen molar-refractivity contribution in [3.05, 3.63) is 437 Å². The SMILES string of the molecule is c1ccc(-c2cc(-c3ccccc3)nc(-c3cccc(-c4ccc(-c5nc6ccccc6c6ccc7c(nc(-c8ccccc8)n7-c7ccccc7)c56)cc4)n3)n2)cc1.c1ccc(-c2ccc(-c3cc(-c4ccccc4)nc(-c4cccc(-c5ccc(-c6nc7ccccc7c7ccc8c(nc(-c9ccccc9)n8-c8ccccc8)c67)cc5)n4)n3)cc2)cc1. The van der Waals surface area contributed by atoms with Crippen LogP contribution in [0.15, 0.2) is 437 Å². The molecule has 0 aliphatic carbocycles. The van der Waals surface area contributed by atoms with Crippen LogP contribution in [0, 0.1) is 0 Å². The van der Waals surface area contributed by atoms with E-state index >= 15 is 0 Å². The number of pyridine rings is 4. The van der Waals surface area contributed by atoms with E-state index in [4.69, 9.17) is 49.8 Å². The molecule has 0 bridgehead atoms. The molecule has 0 aliphatic rings. The molecule has 23 rings (SSSR count). The number of hydrogen-bond acceptors (Lipinski definition) is 10. The summed E-state index contributed by atoms with van der Waals surface area (Å²) < 4.78 is 4.52. The number of rotatable bonds is 15. The van der Waals surface area contributed by atoms with Crippen LogP contribution in [-0.4, -0.2) is 59.0 Å². The van der Waals surface area contributed by atoms with E-state index in [0.717, 1.165) is 195 Å². The largest absolute Gasteiger partial charge is 0.292 e. The molecule has 23 aromatic rings. The van der Waals surface area contributed by atoms with Crippen molar-refractivity contribution in [2.45, 2.75) is 0 Å². The summed E-state index contributed by atoms with van der Waals surface area (Å²) >= 11 is 0. The molecule has 8 heterocycles. The first-order chi connectivity index (χ1) is 61.5. The molecule has 12 nitrogen and oxygen atoms in total. The highest BCUT2D eigenvalue weighted by Gasteiger charge is 2.25. The van der Waals surface area contributed by atoms with E-state index in [-0.39, 0.29) is 0 Å². The highest BCUT2D eigenvalue weighted by Crippen LogP contribution is 2.44. The normalized spacial score (nSPS) is 11.4. The van der Waals surface area contributed by atoms with Crippen molar-refractivity contribution in [3.8, 4) is 158 Å². The third-order valence-corrected chi connectivity index (χ3v) is 22.9. The van der Waals surface area contributed by atoms with Crippen molar-refractivity contribution in [2.75, 3.05) is 0 Å². The Bertz CT molecular complexity index is 7840. The van der Waals surface area contributed by atoms with Crippen LogP contribution in [0.3, 0.4) is 0 Å². The fourth-order valence-corrected chi connectivity index (χ4v) is 16.9. The summed E-state index contributed by atoms with van der Waals surface area (Å²) in [6, 6.07) is 150. The molecule has 8 aromatic heterocycles. The van der Waals surface area contributed by atoms with Crippen LogP contribution in [0.1, 0.15) is 0 Å². The third-order valence-electron chi connectivity index (χ3n) is 22.9. The Kier molecular flexibility index (Phi) is 19.0. The predicted octanol–water partition coefficient (Wildman–Crippen LogP) is 27.5. The fraction of sp³-hybridized carbons (Fsp3) is 0. The summed E-state index contributed by atoms with van der Waals surface area (Å²) in [5.74, 6) is 2.90. The van der Waals surface area contributed by atoms with Gasteiger partial charge in [-0.15, -0.1) is 0 Å². The van der Waals surface area contributed by atoms with E-state index in [2.05, 4.69) is 306 Å². The molecule has 0 N–H and O–H groups in total. The van der Waals surface area contributed by atoms with E-state index in [1.807, 2.05) is 140 Å². The Morgan fingerprint density at radius 1 is 0.161 bits per heavy atom. The first-order valence-corrected chi connectivity index (χ1v) is 41.4. The molecular weight excluding hydrogens is 1510 g/mol. The number of hydrogen-bond donors (Lipinski definition) is 0. The lowest BCUT2D eigenvalue weighted by Crippen LogP contribution is -1.98. The first-order valence-electron chi connectivity index (χ1n) is 41.4. The summed E-state index contributed by atoms with van der Waals surface area (Å²) in [6.07, 6.45) is 0. The second kappa shape index (κ2) is 32.1. The molecule has 580 valence electrons. The van der Waals surface area contributed by atoms with Crippen LogP contribution in [0.2, 0.25) is 0 Å². The third kappa shape index (κ3) is 14.0. The van der Waals surface area contributed by atoms with E-state index < -0.39 is 0 Å². The molecule has 0 saturated carbocycles. The van der Waals surface area contributed by atoms with Crippen molar-refractivity contribution in [3.63, 3.8) is 0 Å². The summed E-state index contributed by atoms with van der Waals surface area (Å²) in [4.78, 5) is 52.2. The molecule has 0 radical (unpaired) electrons. The van der Waals surface area contributed by atoms with Crippen LogP contribution in [0.5, 0.6) is 0 Å². The van der Waals surface area contributed by atoms with Crippen molar-refractivity contribution >= 4 is 65.4 Å². The van der Waals surface area contributed by atoms with Crippen molar-refractivity contribution in [2.24, 2.45) is 0 Å². The second-order valence-electron chi connectivity index (χ2n) is 30.5. The average Bonchev–Trinajstić information content (AvgIpc) is 1.55. The Morgan fingerprint density at radius 2 is 0.435 bits per heavy atom. The molecule has 0 fully saturated rings. The number of aromatic nitrogens is 12. The monoisotopic (exact) mass is 1580 g/mol. The van der Waals surface area contributed by atoms with Gasteiger partial charge in [0.05, 0.1) is 78.7 Å². The molecule has 15 aromatic carbocycles. The lowest BCUT2D eigenvalue weighted by molar-refractivity contribution is 1.10. The zero-order valence-corrected chi connectivity index (χ0v) is 66.9. The number of para-hydroxylation sites is 4. The van der Waals surface area contributed by atoms with Gasteiger partial charge in [-0.2, -0.15) is 0 Å². The van der Waals surface area contributed by atoms with Gasteiger partial charge in [0.25, 0.3) is 0 Å². The zero-order valence-electron chi connectivity index (χ0n) is 66.9. The number of benzene rings is 15. The van der Waals surface area contributed by atoms with E-state index in [1.165, 1.54) is 5.56 Å². The molecule has 0 aliphatic heterocycles. The van der Waals surface area contributed by atoms with Crippen molar-refractivity contribution in [1.82, 2.24) is 59.0 Å². The highest BCUT2D eigenvalue weighted by atomic mass is 15.1. The quantitative estimate of drug-likeness (QED) is 0.0912. The van der Waals surface area contributed by atoms with Crippen LogP contribution >= 0.6 is 0 Å². The van der Waals surface area contributed by atoms with Gasteiger partial charge < -0.3 is 0 Å². The highest BCUT2D eigenvalue weighted by molar-refractivity contribution is 6.22. The Balaban J connectivity index is 0.000000148. The maximum atomic E-state index is 5.45. The van der Waals surface area contributed by atoms with Gasteiger partial charge in [0, 0.05) is 88.6 Å². The van der Waals surface area contributed by atoms with Gasteiger partial charge in [-0.1, -0.05) is 352 Å². The zero-order chi connectivity index (χ0) is 82.2. The van der Waals surface area contributed by atoms with Gasteiger partial charge in [-0.25, -0.2) is 49.8 Å². The molecule has 0 unspecified atom stereocenters. The van der Waals surface area contributed by atoms with Crippen molar-refractivity contribution < 1.29 is 0 Å². The molecule has 0 amide bonds. The number of nitrogens with zero attached hydrogens (tertiary/aromatic N) is 12. The number of fused-ring (bicyclic) bond motifs is 10. The molecular formula is C112H72N12. The van der Waals surface area contributed by atoms with Gasteiger partial charge in [-0.05, 0) is 107 Å². The van der Waals surface area contributed by atoms with Crippen LogP contribution in [0.25, 0.3) is 224 Å². The predicted molar refractivity (Wildman–Crippen MR) is 505 cm³/mol. The van der Waals surface area contributed by atoms with Gasteiger partial charge in [0.2, 0.25) is 0 Å². The first kappa shape index (κ1) is 73.4. The van der Waals surface area contributed by atoms with Crippen molar-refractivity contribution in [1.29, 1.82) is 0 Å². The smallest absolute Gasteiger partial charge is 0.179 e. The average molecular weight is 1590 g/mol. The summed E-state index contributed by atoms with van der Waals surface area (Å²) in [5.41, 5.74) is 28.4. The Morgan fingerprint density at radius 3 is 0.798 bits per heavy atom. The van der Waals surface area contributed by atoms with Crippen LogP contribution < -0.4 is 0 Å². The van der Waals surface area contributed by atoms with E-state index in [1.54, 1.807) is 0 Å². The molecule has 0 spiro atoms. The lowest BCUT2D eigenvalue weighted by atomic mass is 9.97. The topological polar surface area (TPSA) is 139 Å². The summed E-state index contributed by atoms with van der Waals surface area (Å²) in [6.45, 7) is 0. The van der Waals surface area contributed by atoms with Gasteiger partial charge in [0.15, 0.2) is 11.6 Å². The van der Waals surface area contributed by atoms with Gasteiger partial charge >= 0.3 is 0 Å². The minimum absolute atomic E-state index is 0.563. The Hall–Kier alpha value is -17.0. The van der Waals surface area contributed by atoms with Gasteiger partial charge in [-0.3, -0.25) is 9.13 Å². The van der Waals surface area contributed by atoms with E-state index in [9.17, 15) is 0 Å². The minimum Gasteiger partial charge on any atom is -0.292 e. The minimum atomic E-state index is 0.563. The standard InChI is InChI=1S/C59H38N6.C53H34N6/c1-5-16-39(17-6-1)40-28-30-43(31-29-40)53-38-52(41-18-7-2-8-19-41)62-58(63-53)51-27-15-26-49(60-51)42-32-34-44(35-33-42)56-55-48(47-24-13-14-25-50(47)61-56)36-37-54-57(55)64-59(45-20-9-3-10-21-45)65(54)46-22-11-4-12-23-46;1-5-16-35(17-6-1)46-34-47(36-18-7-2-8-19-36)57-52(56-46)45-27-15-26-43(54-45)37-28-30-38(31-29-37)50-49-42(41-24-13-14-25-44(41)55-50)32-33-48-51(49)58-53(39-20-9-3-10-21-39)59(48)40-22-11-4-12-23-40/h1-38H;1-34H. The maximum absolute atomic E-state index is 5.45. The fourth-order valence-electron chi connectivity index (χ4n) is 16.9. The molecule has 12 heteroatoms. The molecule has 0 atom stereocenters. The molecule has 124 heavy (non-hydrogen) atoms. The summed E-state index contributed by atoms with van der Waals surface area (Å²) in [5, 5.41) is 6.44. The second-order valence-corrected chi connectivity index (χ2v) is 30.5. The Labute approximate surface area is 714 Å². The van der Waals surface area contributed by atoms with Crippen LogP contribution in [0.4, 0.5) is 0 Å². The van der Waals surface area contributed by atoms with E-state index in [0.29, 0.717) is 23.0 Å². The lowest BCUT2D eigenvalue weighted by Gasteiger charge is -2.13. The van der Waals surface area contributed by atoms with Crippen LogP contribution in [-0.2, 0) is 0 Å². The van der Waals surface area contributed by atoms with Gasteiger partial charge in [0.1, 0.15) is 23.0 Å². The summed E-state index contributed by atoms with van der Waals surface area (Å²) in [7, 11) is 0. The number of imidazole rings is 2.